The van der Waals surface area contributed by atoms with Gasteiger partial charge in [0.1, 0.15) is 5.82 Å². The quantitative estimate of drug-likeness (QED) is 0.533. The molecule has 0 unspecified atom stereocenters. The number of nitrogens with zero attached hydrogens (tertiary/aromatic N) is 6. The normalized spacial score (nSPS) is 22.1. The first-order chi connectivity index (χ1) is 18.7. The first-order valence-corrected chi connectivity index (χ1v) is 14.9. The van der Waals surface area contributed by atoms with E-state index in [0.29, 0.717) is 6.04 Å². The van der Waals surface area contributed by atoms with Gasteiger partial charge in [0.15, 0.2) is 5.82 Å². The summed E-state index contributed by atoms with van der Waals surface area (Å²) in [6.45, 7) is 12.8. The van der Waals surface area contributed by atoms with Gasteiger partial charge >= 0.3 is 0 Å². The molecule has 3 saturated heterocycles. The van der Waals surface area contributed by atoms with Crippen molar-refractivity contribution in [3.8, 4) is 11.4 Å². The number of hydrogen-bond donors (Lipinski definition) is 1. The Morgan fingerprint density at radius 2 is 1.68 bits per heavy atom. The molecule has 4 aliphatic heterocycles. The minimum Gasteiger partial charge on any atom is -0.381 e. The maximum absolute atomic E-state index is 5.63. The van der Waals surface area contributed by atoms with Gasteiger partial charge in [-0.1, -0.05) is 0 Å². The van der Waals surface area contributed by atoms with E-state index in [1.54, 1.807) is 0 Å². The van der Waals surface area contributed by atoms with Gasteiger partial charge in [-0.2, -0.15) is 0 Å². The minimum absolute atomic E-state index is 0.607. The highest BCUT2D eigenvalue weighted by Crippen LogP contribution is 2.30. The number of ether oxygens (including phenoxy) is 1. The second-order valence-electron chi connectivity index (χ2n) is 11.6. The number of aromatic nitrogens is 2. The van der Waals surface area contributed by atoms with E-state index in [2.05, 4.69) is 56.2 Å². The SMILES string of the molecule is CN1CCN(c2ccc(-c3nc4c(c(NCCCN5CCCC5)n3)CCN(C3CCOCC3)C4)cc2)CC1. The Hall–Kier alpha value is -2.26. The van der Waals surface area contributed by atoms with Gasteiger partial charge in [0.25, 0.3) is 0 Å². The van der Waals surface area contributed by atoms with E-state index in [1.165, 1.54) is 49.4 Å². The number of likely N-dealkylation sites (N-methyl/N-ethyl adjacent to an activating group) is 1. The van der Waals surface area contributed by atoms with Crippen molar-refractivity contribution >= 4 is 11.5 Å². The summed E-state index contributed by atoms with van der Waals surface area (Å²) in [5.74, 6) is 1.91. The van der Waals surface area contributed by atoms with Crippen LogP contribution < -0.4 is 10.2 Å². The Morgan fingerprint density at radius 1 is 0.921 bits per heavy atom. The second-order valence-corrected chi connectivity index (χ2v) is 11.6. The fraction of sp³-hybridized carbons (Fsp3) is 0.667. The van der Waals surface area contributed by atoms with Gasteiger partial charge in [-0.15, -0.1) is 0 Å². The summed E-state index contributed by atoms with van der Waals surface area (Å²) in [6, 6.07) is 9.54. The number of hydrogen-bond acceptors (Lipinski definition) is 8. The van der Waals surface area contributed by atoms with Crippen molar-refractivity contribution in [2.24, 2.45) is 0 Å². The van der Waals surface area contributed by atoms with Crippen molar-refractivity contribution in [1.29, 1.82) is 0 Å². The van der Waals surface area contributed by atoms with Crippen LogP contribution in [0, 0.1) is 0 Å². The number of piperazine rings is 1. The van der Waals surface area contributed by atoms with E-state index in [9.17, 15) is 0 Å². The van der Waals surface area contributed by atoms with Gasteiger partial charge < -0.3 is 24.8 Å². The zero-order valence-corrected chi connectivity index (χ0v) is 23.2. The van der Waals surface area contributed by atoms with E-state index in [1.807, 2.05) is 0 Å². The van der Waals surface area contributed by atoms with E-state index < -0.39 is 0 Å². The maximum atomic E-state index is 5.63. The van der Waals surface area contributed by atoms with Gasteiger partial charge in [0.05, 0.1) is 5.69 Å². The summed E-state index contributed by atoms with van der Waals surface area (Å²) in [5.41, 5.74) is 4.94. The van der Waals surface area contributed by atoms with Crippen LogP contribution in [0.3, 0.4) is 0 Å². The lowest BCUT2D eigenvalue weighted by Gasteiger charge is -2.37. The van der Waals surface area contributed by atoms with Gasteiger partial charge in [0, 0.05) is 81.9 Å². The Balaban J connectivity index is 1.20. The molecule has 0 saturated carbocycles. The molecule has 38 heavy (non-hydrogen) atoms. The van der Waals surface area contributed by atoms with Gasteiger partial charge in [-0.3, -0.25) is 4.90 Å². The Kier molecular flexibility index (Phi) is 8.40. The average molecular weight is 520 g/mol. The summed E-state index contributed by atoms with van der Waals surface area (Å²) in [5, 5.41) is 3.74. The molecule has 0 radical (unpaired) electrons. The highest BCUT2D eigenvalue weighted by Gasteiger charge is 2.28. The molecule has 8 nitrogen and oxygen atoms in total. The summed E-state index contributed by atoms with van der Waals surface area (Å²) in [7, 11) is 2.20. The van der Waals surface area contributed by atoms with Crippen molar-refractivity contribution < 1.29 is 4.74 Å². The van der Waals surface area contributed by atoms with Crippen LogP contribution in [-0.2, 0) is 17.7 Å². The summed E-state index contributed by atoms with van der Waals surface area (Å²) in [4.78, 5) is 20.4. The van der Waals surface area contributed by atoms with Crippen molar-refractivity contribution in [3.05, 3.63) is 35.5 Å². The lowest BCUT2D eigenvalue weighted by molar-refractivity contribution is 0.0285. The zero-order valence-electron chi connectivity index (χ0n) is 23.2. The Labute approximate surface area is 228 Å². The van der Waals surface area contributed by atoms with Crippen LogP contribution in [0.25, 0.3) is 11.4 Å². The zero-order chi connectivity index (χ0) is 25.7. The van der Waals surface area contributed by atoms with E-state index in [0.717, 1.165) is 102 Å². The largest absolute Gasteiger partial charge is 0.381 e. The van der Waals surface area contributed by atoms with Gasteiger partial charge in [-0.05, 0) is 89.5 Å². The molecule has 0 atom stereocenters. The Bertz CT molecular complexity index is 1040. The summed E-state index contributed by atoms with van der Waals surface area (Å²) >= 11 is 0. The van der Waals surface area contributed by atoms with Crippen LogP contribution >= 0.6 is 0 Å². The second kappa shape index (κ2) is 12.3. The molecule has 4 aliphatic rings. The first-order valence-electron chi connectivity index (χ1n) is 14.9. The minimum atomic E-state index is 0.607. The molecule has 1 N–H and O–H groups in total. The molecule has 5 heterocycles. The highest BCUT2D eigenvalue weighted by molar-refractivity contribution is 5.63. The molecule has 0 amide bonds. The van der Waals surface area contributed by atoms with Crippen LogP contribution in [0.5, 0.6) is 0 Å². The molecule has 0 aliphatic carbocycles. The molecule has 0 spiro atoms. The van der Waals surface area contributed by atoms with Gasteiger partial charge in [0.2, 0.25) is 0 Å². The van der Waals surface area contributed by atoms with E-state index >= 15 is 0 Å². The molecule has 6 rings (SSSR count). The maximum Gasteiger partial charge on any atom is 0.161 e. The number of rotatable bonds is 8. The third-order valence-electron chi connectivity index (χ3n) is 8.94. The monoisotopic (exact) mass is 519 g/mol. The number of nitrogens with one attached hydrogen (secondary N) is 1. The number of fused-ring (bicyclic) bond motifs is 1. The van der Waals surface area contributed by atoms with E-state index in [4.69, 9.17) is 14.7 Å². The fourth-order valence-electron chi connectivity index (χ4n) is 6.49. The summed E-state index contributed by atoms with van der Waals surface area (Å²) < 4.78 is 5.63. The molecule has 1 aromatic carbocycles. The van der Waals surface area contributed by atoms with Gasteiger partial charge in [-0.25, -0.2) is 9.97 Å². The number of likely N-dealkylation sites (tertiary alicyclic amines) is 1. The fourth-order valence-corrected chi connectivity index (χ4v) is 6.49. The van der Waals surface area contributed by atoms with Crippen LogP contribution in [0.2, 0.25) is 0 Å². The lowest BCUT2D eigenvalue weighted by Crippen LogP contribution is -2.44. The third kappa shape index (κ3) is 6.14. The number of benzene rings is 1. The topological polar surface area (TPSA) is 60.0 Å². The first kappa shape index (κ1) is 26.0. The average Bonchev–Trinajstić information content (AvgIpc) is 3.49. The van der Waals surface area contributed by atoms with Crippen LogP contribution in [0.15, 0.2) is 24.3 Å². The predicted octanol–water partition coefficient (Wildman–Crippen LogP) is 3.33. The molecule has 8 heteroatoms. The van der Waals surface area contributed by atoms with Crippen LogP contribution in [-0.4, -0.2) is 110 Å². The molecule has 206 valence electrons. The lowest BCUT2D eigenvalue weighted by atomic mass is 9.99. The van der Waals surface area contributed by atoms with Crippen molar-refractivity contribution in [3.63, 3.8) is 0 Å². The molecule has 1 aromatic heterocycles. The van der Waals surface area contributed by atoms with Crippen molar-refractivity contribution in [2.45, 2.75) is 51.1 Å². The molecular formula is C30H45N7O. The molecule has 3 fully saturated rings. The molecular weight excluding hydrogens is 474 g/mol. The van der Waals surface area contributed by atoms with Crippen molar-refractivity contribution in [1.82, 2.24) is 24.7 Å². The van der Waals surface area contributed by atoms with Crippen molar-refractivity contribution in [2.75, 3.05) is 89.4 Å². The third-order valence-corrected chi connectivity index (χ3v) is 8.94. The number of anilines is 2. The predicted molar refractivity (Wildman–Crippen MR) is 154 cm³/mol. The standard InChI is InChI=1S/C30H45N7O/c1-34-17-19-36(20-18-34)25-7-5-24(6-8-25)29-32-28-23-37(26-10-21-38-22-11-26)16-9-27(28)30(33-29)31-12-4-15-35-13-2-3-14-35/h5-8,26H,2-4,9-23H2,1H3,(H,31,32,33). The molecule has 0 bridgehead atoms. The highest BCUT2D eigenvalue weighted by atomic mass is 16.5. The summed E-state index contributed by atoms with van der Waals surface area (Å²) in [6.07, 6.45) is 7.14. The molecule has 2 aromatic rings. The Morgan fingerprint density at radius 3 is 2.45 bits per heavy atom. The van der Waals surface area contributed by atoms with Crippen LogP contribution in [0.4, 0.5) is 11.5 Å². The smallest absolute Gasteiger partial charge is 0.161 e. The van der Waals surface area contributed by atoms with E-state index in [-0.39, 0.29) is 0 Å². The van der Waals surface area contributed by atoms with Crippen LogP contribution in [0.1, 0.15) is 43.4 Å².